The number of rotatable bonds is 33. The fourth-order valence-electron chi connectivity index (χ4n) is 5.81. The molecule has 0 amide bonds. The number of hydrogen-bond acceptors (Lipinski definition) is 4. The summed E-state index contributed by atoms with van der Waals surface area (Å²) >= 11 is 0. The highest BCUT2D eigenvalue weighted by Crippen LogP contribution is 2.19. The van der Waals surface area contributed by atoms with E-state index < -0.39 is 11.6 Å². The first-order valence-electron chi connectivity index (χ1n) is 18.4. The van der Waals surface area contributed by atoms with Crippen molar-refractivity contribution in [2.24, 2.45) is 0 Å². The van der Waals surface area contributed by atoms with Gasteiger partial charge in [-0.25, -0.2) is 0 Å². The van der Waals surface area contributed by atoms with Crippen LogP contribution in [0.4, 0.5) is 0 Å². The van der Waals surface area contributed by atoms with E-state index >= 15 is 0 Å². The summed E-state index contributed by atoms with van der Waals surface area (Å²) in [6.07, 6.45) is 33.5. The Bertz CT molecular complexity index is 547. The SMILES string of the molecule is CCCCCCCCCCCCCCCC(=O)C(C)(NCC(C)O)C(=O)CCCCCCCCCCCCCCC. The molecular formula is C37H73NO3. The molecule has 244 valence electrons. The summed E-state index contributed by atoms with van der Waals surface area (Å²) < 4.78 is 0. The van der Waals surface area contributed by atoms with Gasteiger partial charge < -0.3 is 5.11 Å². The van der Waals surface area contributed by atoms with Crippen LogP contribution in [0, 0.1) is 0 Å². The van der Waals surface area contributed by atoms with Gasteiger partial charge in [-0.3, -0.25) is 14.9 Å². The topological polar surface area (TPSA) is 66.4 Å². The molecule has 0 spiro atoms. The van der Waals surface area contributed by atoms with Crippen molar-refractivity contribution in [3.63, 3.8) is 0 Å². The van der Waals surface area contributed by atoms with Crippen molar-refractivity contribution in [1.82, 2.24) is 5.32 Å². The maximum atomic E-state index is 13.2. The number of nitrogens with one attached hydrogen (secondary N) is 1. The minimum Gasteiger partial charge on any atom is -0.392 e. The second kappa shape index (κ2) is 29.3. The predicted octanol–water partition coefficient (Wildman–Crippen LogP) is 10.8. The largest absolute Gasteiger partial charge is 0.392 e. The molecule has 2 N–H and O–H groups in total. The first kappa shape index (κ1) is 40.3. The molecule has 4 heteroatoms. The third-order valence-electron chi connectivity index (χ3n) is 8.88. The van der Waals surface area contributed by atoms with E-state index in [1.165, 1.54) is 141 Å². The average Bonchev–Trinajstić information content (AvgIpc) is 2.96. The molecule has 1 atom stereocenters. The van der Waals surface area contributed by atoms with Gasteiger partial charge in [-0.05, 0) is 26.7 Å². The minimum atomic E-state index is -1.16. The van der Waals surface area contributed by atoms with Crippen LogP contribution in [0.5, 0.6) is 0 Å². The molecule has 0 saturated heterocycles. The normalized spacial score (nSPS) is 12.6. The number of ketones is 2. The molecule has 0 aromatic rings. The lowest BCUT2D eigenvalue weighted by Crippen LogP contribution is -2.57. The molecule has 0 rings (SSSR count). The maximum absolute atomic E-state index is 13.2. The van der Waals surface area contributed by atoms with E-state index in [1.807, 2.05) is 0 Å². The van der Waals surface area contributed by atoms with Crippen LogP contribution in [-0.2, 0) is 9.59 Å². The van der Waals surface area contributed by atoms with E-state index in [0.717, 1.165) is 25.7 Å². The van der Waals surface area contributed by atoms with E-state index in [2.05, 4.69) is 19.2 Å². The lowest BCUT2D eigenvalue weighted by molar-refractivity contribution is -0.136. The third-order valence-corrected chi connectivity index (χ3v) is 8.88. The summed E-state index contributed by atoms with van der Waals surface area (Å²) in [6, 6.07) is 0. The van der Waals surface area contributed by atoms with Gasteiger partial charge in [0.15, 0.2) is 11.6 Å². The van der Waals surface area contributed by atoms with Gasteiger partial charge >= 0.3 is 0 Å². The van der Waals surface area contributed by atoms with E-state index in [9.17, 15) is 14.7 Å². The van der Waals surface area contributed by atoms with Crippen molar-refractivity contribution in [2.45, 2.75) is 219 Å². The Morgan fingerprint density at radius 2 is 0.756 bits per heavy atom. The van der Waals surface area contributed by atoms with Crippen molar-refractivity contribution in [2.75, 3.05) is 6.54 Å². The lowest BCUT2D eigenvalue weighted by atomic mass is 9.85. The van der Waals surface area contributed by atoms with Gasteiger partial charge in [-0.1, -0.05) is 168 Å². The molecule has 1 unspecified atom stereocenters. The minimum absolute atomic E-state index is 0.000849. The van der Waals surface area contributed by atoms with Crippen LogP contribution in [0.25, 0.3) is 0 Å². The van der Waals surface area contributed by atoms with Gasteiger partial charge in [0, 0.05) is 19.4 Å². The van der Waals surface area contributed by atoms with Crippen molar-refractivity contribution >= 4 is 11.6 Å². The number of Topliss-reactive ketones (excluding diaryl/α,β-unsaturated/α-hetero) is 2. The second-order valence-corrected chi connectivity index (χ2v) is 13.2. The second-order valence-electron chi connectivity index (χ2n) is 13.2. The Labute approximate surface area is 257 Å². The van der Waals surface area contributed by atoms with Gasteiger partial charge in [0.05, 0.1) is 6.10 Å². The first-order valence-corrected chi connectivity index (χ1v) is 18.4. The van der Waals surface area contributed by atoms with Crippen molar-refractivity contribution < 1.29 is 14.7 Å². The molecule has 0 aliphatic rings. The van der Waals surface area contributed by atoms with E-state index in [1.54, 1.807) is 13.8 Å². The Kier molecular flexibility index (Phi) is 28.8. The van der Waals surface area contributed by atoms with Gasteiger partial charge in [0.25, 0.3) is 0 Å². The van der Waals surface area contributed by atoms with Gasteiger partial charge in [-0.15, -0.1) is 0 Å². The van der Waals surface area contributed by atoms with Crippen molar-refractivity contribution in [3.8, 4) is 0 Å². The summed E-state index contributed by atoms with van der Waals surface area (Å²) in [6.45, 7) is 8.26. The van der Waals surface area contributed by atoms with Crippen molar-refractivity contribution in [1.29, 1.82) is 0 Å². The number of hydrogen-bond donors (Lipinski definition) is 2. The smallest absolute Gasteiger partial charge is 0.160 e. The highest BCUT2D eigenvalue weighted by atomic mass is 16.3. The standard InChI is InChI=1S/C37H73NO3/c1-5-7-9-11-13-15-17-19-21-23-25-27-29-31-35(40)37(4,38-33-34(3)39)36(41)32-30-28-26-24-22-20-18-16-14-12-10-8-6-2/h34,38-39H,5-33H2,1-4H3. The Morgan fingerprint density at radius 3 is 1.00 bits per heavy atom. The van der Waals surface area contributed by atoms with Crippen LogP contribution in [0.15, 0.2) is 0 Å². The number of aliphatic hydroxyl groups excluding tert-OH is 1. The molecule has 0 radical (unpaired) electrons. The first-order chi connectivity index (χ1) is 19.9. The highest BCUT2D eigenvalue weighted by molar-refractivity contribution is 6.11. The van der Waals surface area contributed by atoms with Gasteiger partial charge in [0.1, 0.15) is 5.54 Å². The quantitative estimate of drug-likeness (QED) is 0.0599. The molecule has 0 aliphatic heterocycles. The van der Waals surface area contributed by atoms with Crippen LogP contribution in [0.1, 0.15) is 207 Å². The highest BCUT2D eigenvalue weighted by Gasteiger charge is 2.38. The van der Waals surface area contributed by atoms with E-state index in [-0.39, 0.29) is 18.1 Å². The molecule has 0 fully saturated rings. The molecule has 0 heterocycles. The van der Waals surface area contributed by atoms with E-state index in [0.29, 0.717) is 12.8 Å². The fraction of sp³-hybridized carbons (Fsp3) is 0.946. The Hall–Kier alpha value is -0.740. The molecule has 0 saturated carbocycles. The van der Waals surface area contributed by atoms with Gasteiger partial charge in [-0.2, -0.15) is 0 Å². The summed E-state index contributed by atoms with van der Waals surface area (Å²) in [5, 5.41) is 12.9. The fourth-order valence-corrected chi connectivity index (χ4v) is 5.81. The van der Waals surface area contributed by atoms with Crippen LogP contribution in [0.3, 0.4) is 0 Å². The molecule has 0 bridgehead atoms. The number of unbranched alkanes of at least 4 members (excludes halogenated alkanes) is 24. The summed E-state index contributed by atoms with van der Waals surface area (Å²) in [5.41, 5.74) is -1.16. The van der Waals surface area contributed by atoms with Gasteiger partial charge in [0.2, 0.25) is 0 Å². The number of carbonyl (C=O) groups excluding carboxylic acids is 2. The molecule has 0 aliphatic carbocycles. The van der Waals surface area contributed by atoms with E-state index in [4.69, 9.17) is 0 Å². The average molecular weight is 580 g/mol. The lowest BCUT2D eigenvalue weighted by Gasteiger charge is -2.29. The molecule has 0 aromatic heterocycles. The number of aliphatic hydroxyl groups is 1. The molecule has 0 aromatic carbocycles. The van der Waals surface area contributed by atoms with Crippen molar-refractivity contribution in [3.05, 3.63) is 0 Å². The zero-order chi connectivity index (χ0) is 30.4. The maximum Gasteiger partial charge on any atom is 0.160 e. The van der Waals surface area contributed by atoms with Crippen LogP contribution < -0.4 is 5.32 Å². The zero-order valence-corrected chi connectivity index (χ0v) is 28.3. The Morgan fingerprint density at radius 1 is 0.512 bits per heavy atom. The van der Waals surface area contributed by atoms with Crippen LogP contribution in [0.2, 0.25) is 0 Å². The van der Waals surface area contributed by atoms with Crippen LogP contribution >= 0.6 is 0 Å². The monoisotopic (exact) mass is 580 g/mol. The third kappa shape index (κ3) is 24.4. The molecular weight excluding hydrogens is 506 g/mol. The molecule has 41 heavy (non-hydrogen) atoms. The summed E-state index contributed by atoms with van der Waals surface area (Å²) in [7, 11) is 0. The predicted molar refractivity (Wildman–Crippen MR) is 179 cm³/mol. The zero-order valence-electron chi connectivity index (χ0n) is 28.3. The Balaban J connectivity index is 4.06. The number of carbonyl (C=O) groups is 2. The molecule has 4 nitrogen and oxygen atoms in total. The van der Waals surface area contributed by atoms with Crippen LogP contribution in [-0.4, -0.2) is 34.9 Å². The summed E-state index contributed by atoms with van der Waals surface area (Å²) in [5.74, 6) is 0.00170. The summed E-state index contributed by atoms with van der Waals surface area (Å²) in [4.78, 5) is 26.4. The number of β-amino-alcohol motifs (C(OH)–C–C–N with tert-alkyl or cyclic N) is 1.